The summed E-state index contributed by atoms with van der Waals surface area (Å²) in [4.78, 5) is 0.202. The van der Waals surface area contributed by atoms with Gasteiger partial charge in [0.1, 0.15) is 0 Å². The lowest BCUT2D eigenvalue weighted by Gasteiger charge is -2.14. The van der Waals surface area contributed by atoms with Gasteiger partial charge in [-0.1, -0.05) is 39.7 Å². The number of hydrogen-bond acceptors (Lipinski definition) is 2. The summed E-state index contributed by atoms with van der Waals surface area (Å²) in [6, 6.07) is 12.1. The van der Waals surface area contributed by atoms with Gasteiger partial charge in [0.25, 0.3) is 0 Å². The standard InChI is InChI=1S/C17H18BrClO2/c1-11-6-13(10-14(19)7-11)15(18)8-12-4-5-16(20-2)17(9-12)21-3/h4-7,9-10,15H,8H2,1-3H3. The molecule has 0 aromatic heterocycles. The van der Waals surface area contributed by atoms with E-state index in [1.807, 2.05) is 37.3 Å². The Hall–Kier alpha value is -1.19. The van der Waals surface area contributed by atoms with E-state index in [4.69, 9.17) is 21.1 Å². The van der Waals surface area contributed by atoms with Gasteiger partial charge < -0.3 is 9.47 Å². The fourth-order valence-corrected chi connectivity index (χ4v) is 3.21. The molecular weight excluding hydrogens is 352 g/mol. The first kappa shape index (κ1) is 16.2. The first-order chi connectivity index (χ1) is 10.0. The van der Waals surface area contributed by atoms with Crippen LogP contribution in [-0.4, -0.2) is 14.2 Å². The van der Waals surface area contributed by atoms with Crippen LogP contribution in [0.2, 0.25) is 5.02 Å². The van der Waals surface area contributed by atoms with Gasteiger partial charge >= 0.3 is 0 Å². The van der Waals surface area contributed by atoms with Gasteiger partial charge in [-0.25, -0.2) is 0 Å². The van der Waals surface area contributed by atoms with Crippen LogP contribution in [0, 0.1) is 6.92 Å². The predicted octanol–water partition coefficient (Wildman–Crippen LogP) is 5.34. The highest BCUT2D eigenvalue weighted by atomic mass is 79.9. The highest BCUT2D eigenvalue weighted by molar-refractivity contribution is 9.09. The number of ether oxygens (including phenoxy) is 2. The Labute approximate surface area is 139 Å². The van der Waals surface area contributed by atoms with Gasteiger partial charge in [0.2, 0.25) is 0 Å². The van der Waals surface area contributed by atoms with E-state index in [0.717, 1.165) is 28.5 Å². The number of aryl methyl sites for hydroxylation is 1. The second-order valence-corrected chi connectivity index (χ2v) is 6.46. The van der Waals surface area contributed by atoms with Crippen LogP contribution in [0.3, 0.4) is 0 Å². The summed E-state index contributed by atoms with van der Waals surface area (Å²) in [5.74, 6) is 1.49. The van der Waals surface area contributed by atoms with E-state index in [9.17, 15) is 0 Å². The van der Waals surface area contributed by atoms with E-state index in [2.05, 4.69) is 22.0 Å². The predicted molar refractivity (Wildman–Crippen MR) is 91.1 cm³/mol. The largest absolute Gasteiger partial charge is 0.493 e. The van der Waals surface area contributed by atoms with Gasteiger partial charge in [-0.2, -0.15) is 0 Å². The van der Waals surface area contributed by atoms with Crippen molar-refractivity contribution in [1.82, 2.24) is 0 Å². The van der Waals surface area contributed by atoms with Crippen LogP contribution in [0.1, 0.15) is 21.5 Å². The van der Waals surface area contributed by atoms with Crippen molar-refractivity contribution < 1.29 is 9.47 Å². The molecule has 0 aliphatic carbocycles. The molecule has 0 saturated carbocycles. The summed E-state index contributed by atoms with van der Waals surface area (Å²) in [7, 11) is 3.28. The van der Waals surface area contributed by atoms with Crippen molar-refractivity contribution in [3.63, 3.8) is 0 Å². The molecule has 0 spiro atoms. The van der Waals surface area contributed by atoms with Crippen molar-refractivity contribution in [2.45, 2.75) is 18.2 Å². The van der Waals surface area contributed by atoms with Crippen molar-refractivity contribution in [1.29, 1.82) is 0 Å². The third-order valence-corrected chi connectivity index (χ3v) is 4.36. The van der Waals surface area contributed by atoms with Crippen LogP contribution in [-0.2, 0) is 6.42 Å². The zero-order chi connectivity index (χ0) is 15.4. The number of rotatable bonds is 5. The number of hydrogen-bond donors (Lipinski definition) is 0. The van der Waals surface area contributed by atoms with Gasteiger partial charge in [-0.15, -0.1) is 0 Å². The SMILES string of the molecule is COc1ccc(CC(Br)c2cc(C)cc(Cl)c2)cc1OC. The number of benzene rings is 2. The van der Waals surface area contributed by atoms with Crippen molar-refractivity contribution in [3.8, 4) is 11.5 Å². The number of methoxy groups -OCH3 is 2. The normalized spacial score (nSPS) is 12.0. The molecule has 2 nitrogen and oxygen atoms in total. The van der Waals surface area contributed by atoms with Crippen molar-refractivity contribution in [2.24, 2.45) is 0 Å². The van der Waals surface area contributed by atoms with Gasteiger partial charge in [-0.05, 0) is 54.3 Å². The molecule has 1 atom stereocenters. The fraction of sp³-hybridized carbons (Fsp3) is 0.294. The lowest BCUT2D eigenvalue weighted by molar-refractivity contribution is 0.354. The Morgan fingerprint density at radius 1 is 1.05 bits per heavy atom. The van der Waals surface area contributed by atoms with Gasteiger partial charge in [0.05, 0.1) is 14.2 Å². The highest BCUT2D eigenvalue weighted by Gasteiger charge is 2.12. The Morgan fingerprint density at radius 2 is 1.76 bits per heavy atom. The summed E-state index contributed by atoms with van der Waals surface area (Å²) < 4.78 is 10.6. The summed E-state index contributed by atoms with van der Waals surface area (Å²) in [5.41, 5.74) is 3.51. The average molecular weight is 370 g/mol. The maximum absolute atomic E-state index is 6.13. The summed E-state index contributed by atoms with van der Waals surface area (Å²) in [5, 5.41) is 0.766. The van der Waals surface area contributed by atoms with Gasteiger partial charge in [0.15, 0.2) is 11.5 Å². The monoisotopic (exact) mass is 368 g/mol. The molecule has 2 aromatic carbocycles. The molecule has 0 amide bonds. The summed E-state index contributed by atoms with van der Waals surface area (Å²) in [6.07, 6.45) is 0.847. The minimum atomic E-state index is 0.202. The number of halogens is 2. The molecule has 2 aromatic rings. The molecule has 112 valence electrons. The molecule has 2 rings (SSSR count). The van der Waals surface area contributed by atoms with Gasteiger partial charge in [0, 0.05) is 9.85 Å². The van der Waals surface area contributed by atoms with E-state index >= 15 is 0 Å². The first-order valence-electron chi connectivity index (χ1n) is 6.65. The third kappa shape index (κ3) is 4.14. The van der Waals surface area contributed by atoms with Crippen molar-refractivity contribution in [3.05, 3.63) is 58.1 Å². The molecule has 4 heteroatoms. The number of alkyl halides is 1. The molecule has 0 heterocycles. The molecular formula is C17H18BrClO2. The molecule has 0 aliphatic heterocycles. The van der Waals surface area contributed by atoms with Crippen molar-refractivity contribution >= 4 is 27.5 Å². The van der Waals surface area contributed by atoms with Crippen LogP contribution in [0.15, 0.2) is 36.4 Å². The Balaban J connectivity index is 2.20. The van der Waals surface area contributed by atoms with E-state index in [1.165, 1.54) is 11.1 Å². The minimum absolute atomic E-state index is 0.202. The molecule has 0 bridgehead atoms. The first-order valence-corrected chi connectivity index (χ1v) is 7.95. The topological polar surface area (TPSA) is 18.5 Å². The minimum Gasteiger partial charge on any atom is -0.493 e. The highest BCUT2D eigenvalue weighted by Crippen LogP contribution is 2.33. The summed E-state index contributed by atoms with van der Waals surface area (Å²) >= 11 is 9.87. The van der Waals surface area contributed by atoms with Crippen LogP contribution in [0.5, 0.6) is 11.5 Å². The Bertz CT molecular complexity index is 608. The Kier molecular flexibility index (Phi) is 5.54. The van der Waals surface area contributed by atoms with E-state index in [0.29, 0.717) is 0 Å². The van der Waals surface area contributed by atoms with Crippen LogP contribution < -0.4 is 9.47 Å². The molecule has 0 N–H and O–H groups in total. The molecule has 0 fully saturated rings. The van der Waals surface area contributed by atoms with E-state index in [-0.39, 0.29) is 4.83 Å². The Morgan fingerprint density at radius 3 is 2.38 bits per heavy atom. The quantitative estimate of drug-likeness (QED) is 0.662. The smallest absolute Gasteiger partial charge is 0.160 e. The van der Waals surface area contributed by atoms with E-state index in [1.54, 1.807) is 14.2 Å². The zero-order valence-electron chi connectivity index (χ0n) is 12.3. The van der Waals surface area contributed by atoms with Crippen molar-refractivity contribution in [2.75, 3.05) is 14.2 Å². The second-order valence-electron chi connectivity index (χ2n) is 4.92. The van der Waals surface area contributed by atoms with E-state index < -0.39 is 0 Å². The molecule has 0 saturated heterocycles. The van der Waals surface area contributed by atoms with Crippen LogP contribution >= 0.6 is 27.5 Å². The average Bonchev–Trinajstić information content (AvgIpc) is 2.46. The van der Waals surface area contributed by atoms with Gasteiger partial charge in [-0.3, -0.25) is 0 Å². The zero-order valence-corrected chi connectivity index (χ0v) is 14.7. The van der Waals surface area contributed by atoms with Crippen LogP contribution in [0.4, 0.5) is 0 Å². The summed E-state index contributed by atoms with van der Waals surface area (Å²) in [6.45, 7) is 2.05. The fourth-order valence-electron chi connectivity index (χ4n) is 2.28. The maximum Gasteiger partial charge on any atom is 0.160 e. The lowest BCUT2D eigenvalue weighted by Crippen LogP contribution is -1.98. The van der Waals surface area contributed by atoms with Crippen LogP contribution in [0.25, 0.3) is 0 Å². The second kappa shape index (κ2) is 7.19. The molecule has 0 aliphatic rings. The maximum atomic E-state index is 6.13. The third-order valence-electron chi connectivity index (χ3n) is 3.29. The molecule has 0 radical (unpaired) electrons. The molecule has 21 heavy (non-hydrogen) atoms. The molecule has 1 unspecified atom stereocenters. The lowest BCUT2D eigenvalue weighted by atomic mass is 10.0.